The SMILES string of the molecule is CCC1CCC(=O)N(Cc2cc(C)c(C(=O)NN)o2)CC1. The Kier molecular flexibility index (Phi) is 5.01. The van der Waals surface area contributed by atoms with Gasteiger partial charge in [-0.05, 0) is 31.7 Å². The number of amides is 2. The van der Waals surface area contributed by atoms with Gasteiger partial charge in [0.1, 0.15) is 5.76 Å². The zero-order valence-corrected chi connectivity index (χ0v) is 12.6. The lowest BCUT2D eigenvalue weighted by molar-refractivity contribution is -0.131. The quantitative estimate of drug-likeness (QED) is 0.502. The molecule has 1 aliphatic heterocycles. The highest BCUT2D eigenvalue weighted by molar-refractivity contribution is 5.92. The molecule has 6 heteroatoms. The summed E-state index contributed by atoms with van der Waals surface area (Å²) < 4.78 is 5.53. The third kappa shape index (κ3) is 3.64. The van der Waals surface area contributed by atoms with Gasteiger partial charge in [-0.2, -0.15) is 0 Å². The molecule has 2 amide bonds. The number of nitrogens with zero attached hydrogens (tertiary/aromatic N) is 1. The summed E-state index contributed by atoms with van der Waals surface area (Å²) >= 11 is 0. The number of carbonyl (C=O) groups is 2. The molecule has 1 aromatic rings. The summed E-state index contributed by atoms with van der Waals surface area (Å²) in [6.07, 6.45) is 3.69. The number of nitrogen functional groups attached to an aromatic ring is 1. The van der Waals surface area contributed by atoms with Gasteiger partial charge >= 0.3 is 5.91 Å². The molecule has 1 aromatic heterocycles. The van der Waals surface area contributed by atoms with Crippen LogP contribution in [0.25, 0.3) is 0 Å². The maximum atomic E-state index is 12.1. The number of furan rings is 1. The van der Waals surface area contributed by atoms with Gasteiger partial charge in [0.15, 0.2) is 5.76 Å². The van der Waals surface area contributed by atoms with Crippen molar-refractivity contribution in [3.05, 3.63) is 23.2 Å². The number of hydrogen-bond donors (Lipinski definition) is 2. The van der Waals surface area contributed by atoms with Gasteiger partial charge in [-0.3, -0.25) is 15.0 Å². The molecular formula is C15H23N3O3. The van der Waals surface area contributed by atoms with E-state index in [-0.39, 0.29) is 11.7 Å². The Morgan fingerprint density at radius 3 is 2.95 bits per heavy atom. The van der Waals surface area contributed by atoms with E-state index in [1.54, 1.807) is 13.0 Å². The molecule has 116 valence electrons. The first-order valence-electron chi connectivity index (χ1n) is 7.43. The van der Waals surface area contributed by atoms with Crippen LogP contribution in [0, 0.1) is 12.8 Å². The fraction of sp³-hybridized carbons (Fsp3) is 0.600. The van der Waals surface area contributed by atoms with E-state index in [0.717, 1.165) is 31.4 Å². The minimum absolute atomic E-state index is 0.157. The highest BCUT2D eigenvalue weighted by Gasteiger charge is 2.23. The largest absolute Gasteiger partial charge is 0.454 e. The predicted molar refractivity (Wildman–Crippen MR) is 78.1 cm³/mol. The van der Waals surface area contributed by atoms with Gasteiger partial charge in [-0.25, -0.2) is 5.84 Å². The van der Waals surface area contributed by atoms with Crippen LogP contribution in [0.4, 0.5) is 0 Å². The molecule has 6 nitrogen and oxygen atoms in total. The number of carbonyl (C=O) groups excluding carboxylic acids is 2. The second-order valence-electron chi connectivity index (χ2n) is 5.62. The van der Waals surface area contributed by atoms with E-state index >= 15 is 0 Å². The molecular weight excluding hydrogens is 270 g/mol. The standard InChI is InChI=1S/C15H23N3O3/c1-3-11-4-5-13(19)18(7-6-11)9-12-8-10(2)14(21-12)15(20)17-16/h8,11H,3-7,9,16H2,1-2H3,(H,17,20). The van der Waals surface area contributed by atoms with Crippen molar-refractivity contribution in [1.29, 1.82) is 0 Å². The Morgan fingerprint density at radius 2 is 2.29 bits per heavy atom. The van der Waals surface area contributed by atoms with Gasteiger partial charge in [0.25, 0.3) is 0 Å². The van der Waals surface area contributed by atoms with E-state index in [4.69, 9.17) is 10.3 Å². The van der Waals surface area contributed by atoms with Crippen LogP contribution in [0.2, 0.25) is 0 Å². The molecule has 0 aliphatic carbocycles. The first kappa shape index (κ1) is 15.6. The highest BCUT2D eigenvalue weighted by atomic mass is 16.4. The Balaban J connectivity index is 2.07. The predicted octanol–water partition coefficient (Wildman–Crippen LogP) is 1.73. The second kappa shape index (κ2) is 6.76. The Morgan fingerprint density at radius 1 is 1.52 bits per heavy atom. The van der Waals surface area contributed by atoms with Crippen LogP contribution in [0.3, 0.4) is 0 Å². The molecule has 1 fully saturated rings. The number of nitrogens with one attached hydrogen (secondary N) is 1. The van der Waals surface area contributed by atoms with Crippen LogP contribution in [-0.2, 0) is 11.3 Å². The number of hydrazine groups is 1. The second-order valence-corrected chi connectivity index (χ2v) is 5.62. The van der Waals surface area contributed by atoms with Crippen LogP contribution in [0.15, 0.2) is 10.5 Å². The molecule has 1 aliphatic rings. The number of rotatable bonds is 4. The Hall–Kier alpha value is -1.82. The van der Waals surface area contributed by atoms with Crippen LogP contribution < -0.4 is 11.3 Å². The van der Waals surface area contributed by atoms with Crippen molar-refractivity contribution in [1.82, 2.24) is 10.3 Å². The van der Waals surface area contributed by atoms with E-state index in [9.17, 15) is 9.59 Å². The number of likely N-dealkylation sites (tertiary alicyclic amines) is 1. The summed E-state index contributed by atoms with van der Waals surface area (Å²) in [6, 6.07) is 1.79. The highest BCUT2D eigenvalue weighted by Crippen LogP contribution is 2.23. The van der Waals surface area contributed by atoms with Crippen LogP contribution in [-0.4, -0.2) is 23.3 Å². The van der Waals surface area contributed by atoms with Gasteiger partial charge in [-0.1, -0.05) is 13.3 Å². The molecule has 0 spiro atoms. The minimum Gasteiger partial charge on any atom is -0.454 e. The average molecular weight is 293 g/mol. The zero-order valence-electron chi connectivity index (χ0n) is 12.6. The normalized spacial score (nSPS) is 19.5. The van der Waals surface area contributed by atoms with Crippen molar-refractivity contribution in [3.63, 3.8) is 0 Å². The lowest BCUT2D eigenvalue weighted by atomic mass is 9.98. The Bertz CT molecular complexity index is 524. The van der Waals surface area contributed by atoms with Crippen molar-refractivity contribution in [2.45, 2.75) is 46.1 Å². The maximum Gasteiger partial charge on any atom is 0.301 e. The zero-order chi connectivity index (χ0) is 15.4. The molecule has 0 aromatic carbocycles. The third-order valence-electron chi connectivity index (χ3n) is 4.16. The summed E-state index contributed by atoms with van der Waals surface area (Å²) in [5, 5.41) is 0. The van der Waals surface area contributed by atoms with E-state index in [2.05, 4.69) is 12.3 Å². The molecule has 0 bridgehead atoms. The lowest BCUT2D eigenvalue weighted by Crippen LogP contribution is -2.30. The number of nitrogens with two attached hydrogens (primary N) is 1. The fourth-order valence-corrected chi connectivity index (χ4v) is 2.77. The molecule has 1 unspecified atom stereocenters. The van der Waals surface area contributed by atoms with Crippen molar-refractivity contribution >= 4 is 11.8 Å². The van der Waals surface area contributed by atoms with Gasteiger partial charge < -0.3 is 9.32 Å². The van der Waals surface area contributed by atoms with Gasteiger partial charge in [0, 0.05) is 18.5 Å². The Labute approximate surface area is 124 Å². The molecule has 1 saturated heterocycles. The minimum atomic E-state index is -0.452. The summed E-state index contributed by atoms with van der Waals surface area (Å²) in [5.74, 6) is 6.27. The van der Waals surface area contributed by atoms with Gasteiger partial charge in [0.2, 0.25) is 5.91 Å². The summed E-state index contributed by atoms with van der Waals surface area (Å²) in [6.45, 7) is 5.11. The van der Waals surface area contributed by atoms with Crippen LogP contribution >= 0.6 is 0 Å². The molecule has 3 N–H and O–H groups in total. The fourth-order valence-electron chi connectivity index (χ4n) is 2.77. The molecule has 21 heavy (non-hydrogen) atoms. The molecule has 2 rings (SSSR count). The van der Waals surface area contributed by atoms with E-state index in [1.807, 2.05) is 4.90 Å². The summed E-state index contributed by atoms with van der Waals surface area (Å²) in [4.78, 5) is 25.5. The maximum absolute atomic E-state index is 12.1. The van der Waals surface area contributed by atoms with Gasteiger partial charge in [-0.15, -0.1) is 0 Å². The molecule has 0 saturated carbocycles. The van der Waals surface area contributed by atoms with E-state index in [0.29, 0.717) is 24.6 Å². The van der Waals surface area contributed by atoms with Crippen molar-refractivity contribution in [3.8, 4) is 0 Å². The van der Waals surface area contributed by atoms with Crippen molar-refractivity contribution in [2.24, 2.45) is 11.8 Å². The smallest absolute Gasteiger partial charge is 0.301 e. The first-order valence-corrected chi connectivity index (χ1v) is 7.43. The summed E-state index contributed by atoms with van der Waals surface area (Å²) in [5.41, 5.74) is 2.78. The van der Waals surface area contributed by atoms with Crippen LogP contribution in [0.1, 0.15) is 54.5 Å². The molecule has 2 heterocycles. The lowest BCUT2D eigenvalue weighted by Gasteiger charge is -2.19. The van der Waals surface area contributed by atoms with Gasteiger partial charge in [0.05, 0.1) is 6.54 Å². The van der Waals surface area contributed by atoms with Crippen LogP contribution in [0.5, 0.6) is 0 Å². The number of hydrogen-bond acceptors (Lipinski definition) is 4. The number of aryl methyl sites for hydroxylation is 1. The molecule has 1 atom stereocenters. The average Bonchev–Trinajstić information content (AvgIpc) is 2.75. The third-order valence-corrected chi connectivity index (χ3v) is 4.16. The monoisotopic (exact) mass is 293 g/mol. The van der Waals surface area contributed by atoms with Crippen molar-refractivity contribution < 1.29 is 14.0 Å². The van der Waals surface area contributed by atoms with Crippen molar-refractivity contribution in [2.75, 3.05) is 6.54 Å². The topological polar surface area (TPSA) is 88.6 Å². The van der Waals surface area contributed by atoms with E-state index < -0.39 is 5.91 Å². The summed E-state index contributed by atoms with van der Waals surface area (Å²) in [7, 11) is 0. The van der Waals surface area contributed by atoms with E-state index in [1.165, 1.54) is 0 Å². The molecule has 0 radical (unpaired) electrons. The first-order chi connectivity index (χ1) is 10.0.